The van der Waals surface area contributed by atoms with Gasteiger partial charge in [-0.2, -0.15) is 0 Å². The molecule has 0 amide bonds. The molecular weight excluding hydrogens is 202 g/mol. The Morgan fingerprint density at radius 2 is 2.21 bits per heavy atom. The number of hydrogen-bond acceptors (Lipinski definition) is 3. The van der Waals surface area contributed by atoms with Gasteiger partial charge in [0.25, 0.3) is 0 Å². The predicted octanol–water partition coefficient (Wildman–Crippen LogP) is 0.498. The first-order valence-corrected chi connectivity index (χ1v) is 4.52. The molecule has 0 aliphatic heterocycles. The molecule has 0 radical (unpaired) electrons. The lowest BCUT2D eigenvalue weighted by Crippen LogP contribution is -2.29. The Morgan fingerprint density at radius 1 is 1.43 bits per heavy atom. The van der Waals surface area contributed by atoms with E-state index in [1.54, 1.807) is 30.3 Å². The Bertz CT molecular complexity index is 315. The van der Waals surface area contributed by atoms with Crippen LogP contribution in [0.5, 0.6) is 5.75 Å². The maximum absolute atomic E-state index is 8.88. The molecule has 1 aromatic rings. The van der Waals surface area contributed by atoms with E-state index in [0.29, 0.717) is 17.8 Å². The van der Waals surface area contributed by atoms with Gasteiger partial charge in [-0.15, -0.1) is 0 Å². The molecule has 0 aromatic heterocycles. The lowest BCUT2D eigenvalue weighted by molar-refractivity contribution is 0.363. The average molecular weight is 212 g/mol. The highest BCUT2D eigenvalue weighted by atomic mass is 35.5. The van der Waals surface area contributed by atoms with Crippen LogP contribution in [0.15, 0.2) is 35.9 Å². The van der Waals surface area contributed by atoms with E-state index in [1.165, 1.54) is 5.54 Å². The van der Waals surface area contributed by atoms with Crippen LogP contribution in [0.4, 0.5) is 0 Å². The van der Waals surface area contributed by atoms with Crippen LogP contribution in [0.2, 0.25) is 0 Å². The predicted molar refractivity (Wildman–Crippen MR) is 56.8 cm³/mol. The molecule has 0 unspecified atom stereocenters. The molecule has 74 valence electrons. The summed E-state index contributed by atoms with van der Waals surface area (Å²) >= 11 is 5.31. The molecule has 1 rings (SSSR count). The molecule has 0 aliphatic carbocycles. The maximum Gasteiger partial charge on any atom is 0.488 e. The van der Waals surface area contributed by atoms with Crippen molar-refractivity contribution in [1.29, 1.82) is 0 Å². The summed E-state index contributed by atoms with van der Waals surface area (Å²) < 4.78 is 5.24. The summed E-state index contributed by atoms with van der Waals surface area (Å²) in [6.07, 6.45) is 1.64. The number of rotatable bonds is 4. The van der Waals surface area contributed by atoms with Gasteiger partial charge >= 0.3 is 7.12 Å². The van der Waals surface area contributed by atoms with Crippen molar-refractivity contribution in [1.82, 2.24) is 0 Å². The maximum atomic E-state index is 8.88. The molecule has 14 heavy (non-hydrogen) atoms. The van der Waals surface area contributed by atoms with Crippen LogP contribution in [0, 0.1) is 0 Å². The van der Waals surface area contributed by atoms with E-state index in [4.69, 9.17) is 26.4 Å². The molecule has 0 bridgehead atoms. The zero-order chi connectivity index (χ0) is 10.4. The van der Waals surface area contributed by atoms with E-state index in [1.807, 2.05) is 0 Å². The Hall–Kier alpha value is -0.965. The lowest BCUT2D eigenvalue weighted by atomic mass is 9.80. The van der Waals surface area contributed by atoms with Crippen LogP contribution in [0.25, 0.3) is 0 Å². The van der Waals surface area contributed by atoms with Gasteiger partial charge in [0.1, 0.15) is 12.4 Å². The molecule has 0 saturated heterocycles. The molecule has 2 N–H and O–H groups in total. The second-order valence-electron chi connectivity index (χ2n) is 2.62. The summed E-state index contributed by atoms with van der Waals surface area (Å²) in [5.74, 6) is 0.574. The Balaban J connectivity index is 2.64. The van der Waals surface area contributed by atoms with Crippen LogP contribution in [0.1, 0.15) is 0 Å². The van der Waals surface area contributed by atoms with Crippen molar-refractivity contribution >= 4 is 24.2 Å². The van der Waals surface area contributed by atoms with Gasteiger partial charge in [-0.3, -0.25) is 0 Å². The number of halogens is 1. The third kappa shape index (κ3) is 3.42. The third-order valence-electron chi connectivity index (χ3n) is 1.59. The van der Waals surface area contributed by atoms with E-state index >= 15 is 0 Å². The van der Waals surface area contributed by atoms with Gasteiger partial charge in [-0.05, 0) is 23.7 Å². The van der Waals surface area contributed by atoms with E-state index < -0.39 is 7.12 Å². The fraction of sp³-hybridized carbons (Fsp3) is 0.111. The smallest absolute Gasteiger partial charge is 0.488 e. The number of benzene rings is 1. The molecule has 3 nitrogen and oxygen atoms in total. The second-order valence-corrected chi connectivity index (χ2v) is 2.87. The van der Waals surface area contributed by atoms with Gasteiger partial charge in [-0.1, -0.05) is 23.7 Å². The topological polar surface area (TPSA) is 49.7 Å². The molecule has 0 saturated carbocycles. The summed E-state index contributed by atoms with van der Waals surface area (Å²) in [6.45, 7) is 0.356. The van der Waals surface area contributed by atoms with Crippen molar-refractivity contribution in [3.8, 4) is 5.75 Å². The zero-order valence-corrected chi connectivity index (χ0v) is 8.19. The fourth-order valence-electron chi connectivity index (χ4n) is 0.946. The fourth-order valence-corrected chi connectivity index (χ4v) is 1.02. The largest absolute Gasteiger partial charge is 0.490 e. The molecule has 0 fully saturated rings. The standard InChI is InChI=1S/C9H10BClO3/c11-5-2-6-14-9-4-1-3-8(7-9)10(12)13/h1-5,7,12-13H,6H2/b5-2+. The van der Waals surface area contributed by atoms with Crippen molar-refractivity contribution in [3.63, 3.8) is 0 Å². The first kappa shape index (κ1) is 11.1. The van der Waals surface area contributed by atoms with Crippen molar-refractivity contribution in [2.45, 2.75) is 0 Å². The van der Waals surface area contributed by atoms with Gasteiger partial charge in [0.05, 0.1) is 0 Å². The Morgan fingerprint density at radius 3 is 2.86 bits per heavy atom. The molecule has 0 spiro atoms. The molecule has 0 aliphatic rings. The van der Waals surface area contributed by atoms with E-state index in [2.05, 4.69) is 0 Å². The minimum Gasteiger partial charge on any atom is -0.490 e. The van der Waals surface area contributed by atoms with Crippen LogP contribution in [0.3, 0.4) is 0 Å². The molecule has 0 atom stereocenters. The molecule has 5 heteroatoms. The van der Waals surface area contributed by atoms with Crippen LogP contribution >= 0.6 is 11.6 Å². The van der Waals surface area contributed by atoms with Gasteiger partial charge in [-0.25, -0.2) is 0 Å². The van der Waals surface area contributed by atoms with Crippen LogP contribution < -0.4 is 10.2 Å². The van der Waals surface area contributed by atoms with E-state index in [0.717, 1.165) is 0 Å². The number of ether oxygens (including phenoxy) is 1. The average Bonchev–Trinajstić information content (AvgIpc) is 2.19. The Labute approximate surface area is 87.7 Å². The normalized spacial score (nSPS) is 10.5. The monoisotopic (exact) mass is 212 g/mol. The van der Waals surface area contributed by atoms with Crippen LogP contribution in [-0.2, 0) is 0 Å². The van der Waals surface area contributed by atoms with Gasteiger partial charge in [0.2, 0.25) is 0 Å². The summed E-state index contributed by atoms with van der Waals surface area (Å²) in [6, 6.07) is 6.59. The van der Waals surface area contributed by atoms with Crippen molar-refractivity contribution < 1.29 is 14.8 Å². The highest BCUT2D eigenvalue weighted by Gasteiger charge is 2.10. The first-order chi connectivity index (χ1) is 6.74. The number of hydrogen-bond donors (Lipinski definition) is 2. The Kier molecular flexibility index (Phi) is 4.52. The third-order valence-corrected chi connectivity index (χ3v) is 1.77. The molecule has 1 aromatic carbocycles. The van der Waals surface area contributed by atoms with E-state index in [9.17, 15) is 0 Å². The molecular formula is C9H10BClO3. The minimum atomic E-state index is -1.47. The highest BCUT2D eigenvalue weighted by molar-refractivity contribution is 6.58. The van der Waals surface area contributed by atoms with E-state index in [-0.39, 0.29) is 0 Å². The summed E-state index contributed by atoms with van der Waals surface area (Å²) in [4.78, 5) is 0. The van der Waals surface area contributed by atoms with Crippen LogP contribution in [-0.4, -0.2) is 23.8 Å². The quantitative estimate of drug-likeness (QED) is 0.715. The summed E-state index contributed by atoms with van der Waals surface area (Å²) in [5, 5.41) is 17.8. The SMILES string of the molecule is OB(O)c1cccc(OC/C=C/Cl)c1. The van der Waals surface area contributed by atoms with Gasteiger partial charge < -0.3 is 14.8 Å². The highest BCUT2D eigenvalue weighted by Crippen LogP contribution is 2.07. The van der Waals surface area contributed by atoms with Crippen molar-refractivity contribution in [2.75, 3.05) is 6.61 Å². The first-order valence-electron chi connectivity index (χ1n) is 4.08. The zero-order valence-electron chi connectivity index (χ0n) is 7.43. The lowest BCUT2D eigenvalue weighted by Gasteiger charge is -2.04. The van der Waals surface area contributed by atoms with Gasteiger partial charge in [0, 0.05) is 5.54 Å². The van der Waals surface area contributed by atoms with Gasteiger partial charge in [0.15, 0.2) is 0 Å². The summed E-state index contributed by atoms with van der Waals surface area (Å²) in [7, 11) is -1.47. The van der Waals surface area contributed by atoms with Crippen molar-refractivity contribution in [2.24, 2.45) is 0 Å². The van der Waals surface area contributed by atoms with Crippen molar-refractivity contribution in [3.05, 3.63) is 35.9 Å². The minimum absolute atomic E-state index is 0.356. The summed E-state index contributed by atoms with van der Waals surface area (Å²) in [5.41, 5.74) is 1.77. The second kappa shape index (κ2) is 5.70. The molecule has 0 heterocycles.